The van der Waals surface area contributed by atoms with Gasteiger partial charge in [0.25, 0.3) is 0 Å². The van der Waals surface area contributed by atoms with E-state index < -0.39 is 6.23 Å². The zero-order valence-corrected chi connectivity index (χ0v) is 5.94. The summed E-state index contributed by atoms with van der Waals surface area (Å²) in [6.07, 6.45) is -0.516. The van der Waals surface area contributed by atoms with E-state index in [1.807, 2.05) is 0 Å². The first kappa shape index (κ1) is 7.30. The molecule has 1 aliphatic rings. The number of amides is 2. The maximum Gasteiger partial charge on any atom is 0.321 e. The summed E-state index contributed by atoms with van der Waals surface area (Å²) in [6, 6.07) is -0.140. The van der Waals surface area contributed by atoms with Gasteiger partial charge in [-0.1, -0.05) is 0 Å². The van der Waals surface area contributed by atoms with Crippen molar-refractivity contribution in [1.29, 1.82) is 0 Å². The van der Waals surface area contributed by atoms with Crippen LogP contribution in [0.4, 0.5) is 4.79 Å². The summed E-state index contributed by atoms with van der Waals surface area (Å²) >= 11 is 0. The Morgan fingerprint density at radius 1 is 1.70 bits per heavy atom. The number of urea groups is 1. The van der Waals surface area contributed by atoms with Crippen LogP contribution in [0.2, 0.25) is 0 Å². The van der Waals surface area contributed by atoms with Gasteiger partial charge in [-0.15, -0.1) is 0 Å². The molecule has 1 heterocycles. The molecule has 1 N–H and O–H groups in total. The Morgan fingerprint density at radius 3 is 2.50 bits per heavy atom. The van der Waals surface area contributed by atoms with Crippen LogP contribution in [0.25, 0.3) is 0 Å². The molecule has 58 valence electrons. The number of carbonyl (C=O) groups is 1. The highest BCUT2D eigenvalue weighted by Gasteiger charge is 2.32. The number of hydrogen-bond donors (Lipinski definition) is 1. The van der Waals surface area contributed by atoms with Crippen molar-refractivity contribution in [3.05, 3.63) is 0 Å². The second kappa shape index (κ2) is 2.43. The largest absolute Gasteiger partial charge is 0.323 e. The minimum atomic E-state index is -0.516. The second-order valence-electron chi connectivity index (χ2n) is 2.33. The van der Waals surface area contributed by atoms with E-state index in [2.05, 4.69) is 4.89 Å². The van der Waals surface area contributed by atoms with Crippen LogP contribution in [0.5, 0.6) is 0 Å². The summed E-state index contributed by atoms with van der Waals surface area (Å²) in [5.74, 6) is 0. The van der Waals surface area contributed by atoms with E-state index >= 15 is 0 Å². The first-order chi connectivity index (χ1) is 4.66. The molecule has 0 saturated carbocycles. The van der Waals surface area contributed by atoms with Crippen molar-refractivity contribution in [2.24, 2.45) is 0 Å². The molecule has 0 aromatic rings. The van der Waals surface area contributed by atoms with E-state index in [0.717, 1.165) is 0 Å². The lowest BCUT2D eigenvalue weighted by atomic mass is 10.6. The molecule has 10 heavy (non-hydrogen) atoms. The molecule has 0 aromatic carbocycles. The molecular weight excluding hydrogens is 136 g/mol. The van der Waals surface area contributed by atoms with Crippen LogP contribution >= 0.6 is 0 Å². The standard InChI is InChI=1S/C5H10N2O3/c1-6-3-4(10-9)7(2)5(6)8/h4,9H,3H2,1-2H3. The van der Waals surface area contributed by atoms with Crippen LogP contribution in [-0.2, 0) is 4.89 Å². The van der Waals surface area contributed by atoms with Gasteiger partial charge in [0.15, 0.2) is 6.23 Å². The zero-order chi connectivity index (χ0) is 7.72. The predicted octanol–water partition coefficient (Wildman–Crippen LogP) is -0.201. The van der Waals surface area contributed by atoms with Crippen molar-refractivity contribution in [2.75, 3.05) is 20.6 Å². The van der Waals surface area contributed by atoms with Gasteiger partial charge in [0.1, 0.15) is 0 Å². The Labute approximate surface area is 58.7 Å². The highest BCUT2D eigenvalue weighted by Crippen LogP contribution is 2.10. The van der Waals surface area contributed by atoms with Gasteiger partial charge < -0.3 is 4.90 Å². The number of rotatable bonds is 1. The summed E-state index contributed by atoms with van der Waals surface area (Å²) < 4.78 is 0. The second-order valence-corrected chi connectivity index (χ2v) is 2.33. The molecule has 1 unspecified atom stereocenters. The van der Waals surface area contributed by atoms with Crippen LogP contribution in [0, 0.1) is 0 Å². The van der Waals surface area contributed by atoms with Gasteiger partial charge in [0.2, 0.25) is 0 Å². The Kier molecular flexibility index (Phi) is 1.78. The van der Waals surface area contributed by atoms with Gasteiger partial charge >= 0.3 is 6.03 Å². The van der Waals surface area contributed by atoms with E-state index in [-0.39, 0.29) is 6.03 Å². The molecule has 5 nitrogen and oxygen atoms in total. The van der Waals surface area contributed by atoms with Crippen LogP contribution in [0.15, 0.2) is 0 Å². The Bertz CT molecular complexity index is 150. The van der Waals surface area contributed by atoms with Crippen LogP contribution < -0.4 is 0 Å². The third-order valence-electron chi connectivity index (χ3n) is 1.61. The highest BCUT2D eigenvalue weighted by molar-refractivity contribution is 5.76. The zero-order valence-electron chi connectivity index (χ0n) is 5.94. The summed E-state index contributed by atoms with van der Waals surface area (Å²) in [4.78, 5) is 17.8. The van der Waals surface area contributed by atoms with E-state index in [1.54, 1.807) is 14.1 Å². The maximum atomic E-state index is 10.9. The summed E-state index contributed by atoms with van der Waals surface area (Å²) in [5.41, 5.74) is 0. The fraction of sp³-hybridized carbons (Fsp3) is 0.800. The van der Waals surface area contributed by atoms with E-state index in [1.165, 1.54) is 9.80 Å². The van der Waals surface area contributed by atoms with Gasteiger partial charge in [-0.05, 0) is 0 Å². The Hall–Kier alpha value is -0.810. The minimum absolute atomic E-state index is 0.140. The molecule has 1 saturated heterocycles. The average Bonchev–Trinajstić information content (AvgIpc) is 2.17. The molecule has 1 rings (SSSR count). The van der Waals surface area contributed by atoms with Crippen molar-refractivity contribution in [1.82, 2.24) is 9.80 Å². The van der Waals surface area contributed by atoms with Crippen LogP contribution in [0.1, 0.15) is 0 Å². The summed E-state index contributed by atoms with van der Waals surface area (Å²) in [6.45, 7) is 0.409. The van der Waals surface area contributed by atoms with Crippen molar-refractivity contribution < 1.29 is 14.9 Å². The van der Waals surface area contributed by atoms with Crippen molar-refractivity contribution in [3.8, 4) is 0 Å². The van der Waals surface area contributed by atoms with Gasteiger partial charge in [0.05, 0.1) is 6.54 Å². The molecule has 0 bridgehead atoms. The van der Waals surface area contributed by atoms with Crippen LogP contribution in [0.3, 0.4) is 0 Å². The highest BCUT2D eigenvalue weighted by atomic mass is 17.1. The molecule has 1 aliphatic heterocycles. The van der Waals surface area contributed by atoms with Gasteiger partial charge in [0, 0.05) is 14.1 Å². The van der Waals surface area contributed by atoms with Gasteiger partial charge in [-0.3, -0.25) is 4.90 Å². The number of hydrogen-bond acceptors (Lipinski definition) is 3. The van der Waals surface area contributed by atoms with Crippen molar-refractivity contribution in [3.63, 3.8) is 0 Å². The number of carbonyl (C=O) groups excluding carboxylic acids is 1. The quantitative estimate of drug-likeness (QED) is 0.411. The van der Waals surface area contributed by atoms with E-state index in [4.69, 9.17) is 5.26 Å². The lowest BCUT2D eigenvalue weighted by molar-refractivity contribution is -0.296. The third-order valence-corrected chi connectivity index (χ3v) is 1.61. The minimum Gasteiger partial charge on any atom is -0.323 e. The van der Waals surface area contributed by atoms with Crippen LogP contribution in [-0.4, -0.2) is 48.0 Å². The normalized spacial score (nSPS) is 26.3. The molecule has 0 spiro atoms. The number of likely N-dealkylation sites (N-methyl/N-ethyl adjacent to an activating group) is 2. The monoisotopic (exact) mass is 146 g/mol. The first-order valence-corrected chi connectivity index (χ1v) is 2.95. The topological polar surface area (TPSA) is 53.0 Å². The smallest absolute Gasteiger partial charge is 0.321 e. The average molecular weight is 146 g/mol. The summed E-state index contributed by atoms with van der Waals surface area (Å²) in [5, 5.41) is 8.25. The van der Waals surface area contributed by atoms with Gasteiger partial charge in [-0.25, -0.2) is 14.9 Å². The van der Waals surface area contributed by atoms with E-state index in [0.29, 0.717) is 6.54 Å². The molecule has 1 atom stereocenters. The molecule has 5 heteroatoms. The number of nitrogens with zero attached hydrogens (tertiary/aromatic N) is 2. The van der Waals surface area contributed by atoms with Crippen molar-refractivity contribution in [2.45, 2.75) is 6.23 Å². The first-order valence-electron chi connectivity index (χ1n) is 2.95. The molecule has 0 aliphatic carbocycles. The van der Waals surface area contributed by atoms with Crippen molar-refractivity contribution >= 4 is 6.03 Å². The SMILES string of the molecule is CN1CC(OO)N(C)C1=O. The molecule has 2 amide bonds. The lowest BCUT2D eigenvalue weighted by Gasteiger charge is -2.12. The molecule has 1 fully saturated rings. The summed E-state index contributed by atoms with van der Waals surface area (Å²) in [7, 11) is 3.23. The Balaban J connectivity index is 2.61. The fourth-order valence-electron chi connectivity index (χ4n) is 0.931. The predicted molar refractivity (Wildman–Crippen MR) is 33.3 cm³/mol. The lowest BCUT2D eigenvalue weighted by Crippen LogP contribution is -2.31. The third kappa shape index (κ3) is 0.932. The Morgan fingerprint density at radius 2 is 2.30 bits per heavy atom. The fourth-order valence-corrected chi connectivity index (χ4v) is 0.931. The molecule has 0 aromatic heterocycles. The maximum absolute atomic E-state index is 10.9. The van der Waals surface area contributed by atoms with Gasteiger partial charge in [-0.2, -0.15) is 0 Å². The molecular formula is C5H10N2O3. The van der Waals surface area contributed by atoms with E-state index in [9.17, 15) is 4.79 Å². The molecule has 0 radical (unpaired) electrons.